The molecule has 2 amide bonds. The molecule has 4 N–H and O–H groups in total. The molecule has 4 aliphatic heterocycles. The van der Waals surface area contributed by atoms with E-state index in [2.05, 4.69) is 20.7 Å². The van der Waals surface area contributed by atoms with Crippen LogP contribution in [0.1, 0.15) is 79.9 Å². The Kier molecular flexibility index (Phi) is 11.6. The van der Waals surface area contributed by atoms with Crippen molar-refractivity contribution in [2.24, 2.45) is 0 Å². The lowest BCUT2D eigenvalue weighted by atomic mass is 10.1. The third-order valence-electron chi connectivity index (χ3n) is 12.0. The normalized spacial score (nSPS) is 20.5. The van der Waals surface area contributed by atoms with Crippen molar-refractivity contribution < 1.29 is 29.3 Å². The van der Waals surface area contributed by atoms with Crippen molar-refractivity contribution in [2.45, 2.75) is 91.1 Å². The zero-order chi connectivity index (χ0) is 43.4. The molecule has 10 rings (SSSR count). The molecule has 0 unspecified atom stereocenters. The number of hydrogen-bond donors (Lipinski definition) is 4. The molecule has 6 aromatic rings. The summed E-state index contributed by atoms with van der Waals surface area (Å²) in [5.41, 5.74) is 9.44. The van der Waals surface area contributed by atoms with E-state index < -0.39 is 12.2 Å². The molecule has 18 heteroatoms. The van der Waals surface area contributed by atoms with Crippen LogP contribution in [0.5, 0.6) is 11.5 Å². The van der Waals surface area contributed by atoms with E-state index in [1.54, 1.807) is 38.6 Å². The molecule has 2 fully saturated rings. The first-order chi connectivity index (χ1) is 29.9. The van der Waals surface area contributed by atoms with Gasteiger partial charge in [-0.25, -0.2) is 19.0 Å². The molecular formula is C44H48Cl2N10O6. The summed E-state index contributed by atoms with van der Waals surface area (Å²) >= 11 is 12.9. The predicted octanol–water partition coefficient (Wildman–Crippen LogP) is 4.24. The van der Waals surface area contributed by atoms with E-state index in [-0.39, 0.29) is 24.0 Å². The maximum absolute atomic E-state index is 13.4. The summed E-state index contributed by atoms with van der Waals surface area (Å²) in [5.74, 6) is 0.697. The number of ether oxygens (including phenoxy) is 2. The number of fused-ring (bicyclic) bond motifs is 6. The number of amides is 2. The van der Waals surface area contributed by atoms with Crippen LogP contribution in [0.15, 0.2) is 48.5 Å². The molecule has 8 heterocycles. The van der Waals surface area contributed by atoms with Crippen molar-refractivity contribution in [3.05, 3.63) is 115 Å². The smallest absolute Gasteiger partial charge is 0.258 e. The van der Waals surface area contributed by atoms with Gasteiger partial charge >= 0.3 is 0 Å². The maximum atomic E-state index is 13.4. The van der Waals surface area contributed by atoms with Gasteiger partial charge in [-0.15, -0.1) is 0 Å². The van der Waals surface area contributed by atoms with Crippen molar-refractivity contribution >= 4 is 46.3 Å². The Morgan fingerprint density at radius 2 is 1.19 bits per heavy atom. The Hall–Kier alpha value is -5.36. The second-order valence-corrected chi connectivity index (χ2v) is 16.8. The van der Waals surface area contributed by atoms with Gasteiger partial charge in [0.05, 0.1) is 81.5 Å². The molecule has 0 saturated carbocycles. The molecule has 2 saturated heterocycles. The standard InChI is InChI=1S/2C22H24ClN5O3/c1-3-16-20(23)12(2)25-21-14-10-27(11-15(14)26-28(16)21)22(30)13-6-4-5-7-18(13)31-19-9-24-8-17(19)29;1-3-15-20(23)12(2)28-21(25-15)14-10-27(11-16(14)26-28)22(30)13-6-4-5-7-18(13)31-19-9-24-8-17(19)29/h2*4-7,17,19,24,29H,3,8-11H2,1-2H3/t2*17-,19-/m00/s1. The number of carbonyl (C=O) groups excluding carboxylic acids is 2. The van der Waals surface area contributed by atoms with Crippen LogP contribution in [-0.4, -0.2) is 112 Å². The summed E-state index contributed by atoms with van der Waals surface area (Å²) in [4.78, 5) is 39.6. The SMILES string of the molecule is CCc1c(Cl)c(C)nc2c3c(nn12)CN(C(=O)c1ccccc1O[C@H]1CNC[C@@H]1O)C3.CCc1nc2c3c(nn2c(C)c1Cl)CN(C(=O)c1ccccc1O[C@H]1CNC[C@@H]1O)C3. The molecule has 16 nitrogen and oxygen atoms in total. The van der Waals surface area contributed by atoms with Gasteiger partial charge in [0.25, 0.3) is 11.8 Å². The average Bonchev–Trinajstić information content (AvgIpc) is 4.14. The first-order valence-corrected chi connectivity index (χ1v) is 21.7. The van der Waals surface area contributed by atoms with Crippen LogP contribution in [0.4, 0.5) is 0 Å². The number of aryl methyl sites for hydroxylation is 4. The Balaban J connectivity index is 0.000000158. The van der Waals surface area contributed by atoms with Crippen molar-refractivity contribution in [2.75, 3.05) is 26.2 Å². The zero-order valence-corrected chi connectivity index (χ0v) is 36.4. The second kappa shape index (κ2) is 17.1. The lowest BCUT2D eigenvalue weighted by Crippen LogP contribution is -2.32. The van der Waals surface area contributed by atoms with Crippen molar-refractivity contribution in [3.8, 4) is 11.5 Å². The highest BCUT2D eigenvalue weighted by Crippen LogP contribution is 2.34. The third kappa shape index (κ3) is 7.51. The molecule has 0 bridgehead atoms. The minimum Gasteiger partial charge on any atom is -0.486 e. The average molecular weight is 884 g/mol. The van der Waals surface area contributed by atoms with Crippen molar-refractivity contribution in [1.29, 1.82) is 0 Å². The number of aliphatic hydroxyl groups excluding tert-OH is 2. The number of hydrogen-bond acceptors (Lipinski definition) is 12. The number of nitrogens with zero attached hydrogens (tertiary/aromatic N) is 8. The molecule has 4 aliphatic rings. The summed E-state index contributed by atoms with van der Waals surface area (Å²) in [6, 6.07) is 14.3. The monoisotopic (exact) mass is 882 g/mol. The van der Waals surface area contributed by atoms with Crippen molar-refractivity contribution in [1.82, 2.24) is 49.6 Å². The van der Waals surface area contributed by atoms with E-state index in [0.717, 1.165) is 69.4 Å². The fourth-order valence-electron chi connectivity index (χ4n) is 8.55. The van der Waals surface area contributed by atoms with Gasteiger partial charge < -0.3 is 40.1 Å². The van der Waals surface area contributed by atoms with E-state index >= 15 is 0 Å². The molecule has 4 aromatic heterocycles. The summed E-state index contributed by atoms with van der Waals surface area (Å²) in [7, 11) is 0. The minimum absolute atomic E-state index is 0.131. The first kappa shape index (κ1) is 42.0. The van der Waals surface area contributed by atoms with Crippen LogP contribution in [0.2, 0.25) is 10.0 Å². The fourth-order valence-corrected chi connectivity index (χ4v) is 9.06. The number of para-hydroxylation sites is 2. The second-order valence-electron chi connectivity index (χ2n) is 16.0. The number of β-amino-alcohol motifs (C(OH)–C–C–N with tert-alkyl or cyclic N) is 2. The van der Waals surface area contributed by atoms with Gasteiger partial charge in [0.1, 0.15) is 35.9 Å². The summed E-state index contributed by atoms with van der Waals surface area (Å²) in [5, 5.41) is 37.0. The molecular weight excluding hydrogens is 835 g/mol. The number of carbonyl (C=O) groups is 2. The molecule has 0 aliphatic carbocycles. The van der Waals surface area contributed by atoms with Crippen LogP contribution >= 0.6 is 23.2 Å². The van der Waals surface area contributed by atoms with Crippen molar-refractivity contribution in [3.63, 3.8) is 0 Å². The summed E-state index contributed by atoms with van der Waals surface area (Å²) in [6.07, 6.45) is -0.472. The van der Waals surface area contributed by atoms with Crippen LogP contribution in [0, 0.1) is 13.8 Å². The predicted molar refractivity (Wildman–Crippen MR) is 231 cm³/mol. The van der Waals surface area contributed by atoms with Crippen LogP contribution in [0.3, 0.4) is 0 Å². The van der Waals surface area contributed by atoms with Gasteiger partial charge in [-0.1, -0.05) is 61.3 Å². The largest absolute Gasteiger partial charge is 0.486 e. The van der Waals surface area contributed by atoms with Gasteiger partial charge in [-0.2, -0.15) is 10.2 Å². The first-order valence-electron chi connectivity index (χ1n) is 20.9. The number of aromatic nitrogens is 6. The lowest BCUT2D eigenvalue weighted by molar-refractivity contribution is 0.0665. The Morgan fingerprint density at radius 3 is 1.68 bits per heavy atom. The molecule has 2 aromatic carbocycles. The van der Waals surface area contributed by atoms with E-state index in [1.807, 2.05) is 56.5 Å². The van der Waals surface area contributed by atoms with E-state index in [1.165, 1.54) is 0 Å². The Bertz CT molecular complexity index is 2640. The van der Waals surface area contributed by atoms with Gasteiger partial charge in [0.15, 0.2) is 11.3 Å². The lowest BCUT2D eigenvalue weighted by Gasteiger charge is -2.21. The molecule has 4 atom stereocenters. The zero-order valence-electron chi connectivity index (χ0n) is 34.9. The van der Waals surface area contributed by atoms with E-state index in [4.69, 9.17) is 42.8 Å². The van der Waals surface area contributed by atoms with Gasteiger partial charge in [-0.05, 0) is 51.0 Å². The summed E-state index contributed by atoms with van der Waals surface area (Å²) in [6.45, 7) is 11.6. The number of benzene rings is 2. The number of nitrogens with one attached hydrogen (secondary N) is 2. The van der Waals surface area contributed by atoms with Gasteiger partial charge in [0.2, 0.25) is 0 Å². The van der Waals surface area contributed by atoms with Crippen LogP contribution in [-0.2, 0) is 39.0 Å². The molecule has 0 spiro atoms. The van der Waals surface area contributed by atoms with Crippen LogP contribution in [0.25, 0.3) is 11.3 Å². The van der Waals surface area contributed by atoms with Gasteiger partial charge in [-0.3, -0.25) is 9.59 Å². The summed E-state index contributed by atoms with van der Waals surface area (Å²) < 4.78 is 15.6. The Morgan fingerprint density at radius 1 is 0.694 bits per heavy atom. The molecule has 0 radical (unpaired) electrons. The Labute approximate surface area is 367 Å². The van der Waals surface area contributed by atoms with E-state index in [9.17, 15) is 19.8 Å². The molecule has 324 valence electrons. The molecule has 62 heavy (non-hydrogen) atoms. The quantitative estimate of drug-likeness (QED) is 0.171. The highest BCUT2D eigenvalue weighted by atomic mass is 35.5. The maximum Gasteiger partial charge on any atom is 0.258 e. The van der Waals surface area contributed by atoms with Crippen LogP contribution < -0.4 is 20.1 Å². The number of halogens is 2. The topological polar surface area (TPSA) is 184 Å². The highest BCUT2D eigenvalue weighted by Gasteiger charge is 2.35. The fraction of sp³-hybridized carbons (Fsp3) is 0.409. The number of rotatable bonds is 8. The van der Waals surface area contributed by atoms with Gasteiger partial charge in [0, 0.05) is 37.3 Å². The highest BCUT2D eigenvalue weighted by molar-refractivity contribution is 6.32. The number of aliphatic hydroxyl groups is 2. The minimum atomic E-state index is -0.596. The van der Waals surface area contributed by atoms with E-state index in [0.29, 0.717) is 85.0 Å². The third-order valence-corrected chi connectivity index (χ3v) is 13.0.